The van der Waals surface area contributed by atoms with Crippen molar-refractivity contribution in [3.63, 3.8) is 0 Å². The molecule has 75 heavy (non-hydrogen) atoms. The molecule has 422 valence electrons. The summed E-state index contributed by atoms with van der Waals surface area (Å²) in [6, 6.07) is -9.50. The topological polar surface area (TPSA) is 454 Å². The van der Waals surface area contributed by atoms with E-state index >= 15 is 0 Å². The van der Waals surface area contributed by atoms with E-state index in [0.717, 1.165) is 0 Å². The van der Waals surface area contributed by atoms with Gasteiger partial charge in [-0.2, -0.15) is 0 Å². The fourth-order valence-corrected chi connectivity index (χ4v) is 9.24. The van der Waals surface area contributed by atoms with Gasteiger partial charge in [0.15, 0.2) is 17.7 Å². The first kappa shape index (κ1) is 62.8. The molecule has 2 saturated heterocycles. The Bertz CT molecular complexity index is 2030. The first-order valence-corrected chi connectivity index (χ1v) is 26.1. The monoisotopic (exact) mass is 1060 g/mol. The van der Waals surface area contributed by atoms with Gasteiger partial charge in [0.05, 0.1) is 25.2 Å². The number of nitrogens with two attached hydrogens (primary N) is 6. The van der Waals surface area contributed by atoms with Crippen LogP contribution in [0.5, 0.6) is 0 Å². The highest BCUT2D eigenvalue weighted by molar-refractivity contribution is 5.97. The summed E-state index contributed by atoms with van der Waals surface area (Å²) in [5.41, 5.74) is 33.7. The lowest BCUT2D eigenvalue weighted by Crippen LogP contribution is -2.59. The number of nitrogens with zero attached hydrogens (tertiary/aromatic N) is 4. The summed E-state index contributed by atoms with van der Waals surface area (Å²) in [5, 5.41) is 36.7. The number of hydrogen-bond acceptors (Lipinski definition) is 15. The van der Waals surface area contributed by atoms with Gasteiger partial charge in [0.2, 0.25) is 41.4 Å². The van der Waals surface area contributed by atoms with Crippen LogP contribution < -0.4 is 66.3 Å². The number of unbranched alkanes of at least 4 members (excludes halogenated alkanes) is 1. The summed E-state index contributed by atoms with van der Waals surface area (Å²) in [7, 11) is 0. The van der Waals surface area contributed by atoms with Crippen molar-refractivity contribution in [2.75, 3.05) is 52.4 Å². The SMILES string of the molecule is CC(C)C[C@H](NC(=O)[C@H](CCCN=C(N)N)NC(=O)[C@@H]1CCCN1C(=O)[C@@H](N)CCCN=C(N)N)C(=O)N[C@@H](CO)C(=O)N[C@@H]1CC=CC[C@@H](C(=O)O)NC(=O)[C@@H]2CCCN2C(=O)CNC[C@H](CCCCN)CC1=O. The number of carboxylic acid groups (broad SMARTS) is 1. The number of aliphatic carboxylic acids is 1. The number of nitrogens with one attached hydrogen (secondary N) is 6. The van der Waals surface area contributed by atoms with Gasteiger partial charge in [0, 0.05) is 32.6 Å². The smallest absolute Gasteiger partial charge is 0.326 e. The standard InChI is InChI=1S/C48H84N16O11/c1-28(2)23-34(61-40(68)32(15-8-20-57-48(53)54)59-44(72)37-17-10-22-64(37)45(73)30(50)12-7-19-56-47(51)52)41(69)62-35(27-65)42(70)58-31-13-3-4-14-33(46(74)75)60-43(71)36-16-9-21-63(36)39(67)26-55-25-29(24-38(31)66)11-5-6-18-49/h3-4,28-37,55,65H,5-27,49-50H2,1-2H3,(H,58,70)(H,59,72)(H,60,71)(H,61,68)(H,62,69)(H,74,75)(H4,51,52,56)(H4,53,54,57)/t29-,30+,31-,32+,33+,34+,35+,36+,37+/m1/s1. The molecular formula is C48H84N16O11. The van der Waals surface area contributed by atoms with E-state index in [9.17, 15) is 53.4 Å². The third-order valence-electron chi connectivity index (χ3n) is 13.2. The maximum atomic E-state index is 14.1. The lowest BCUT2D eigenvalue weighted by Gasteiger charge is -2.29. The molecule has 0 spiro atoms. The molecule has 0 unspecified atom stereocenters. The number of aliphatic hydroxyl groups is 1. The minimum Gasteiger partial charge on any atom is -0.480 e. The summed E-state index contributed by atoms with van der Waals surface area (Å²) < 4.78 is 0. The predicted octanol–water partition coefficient (Wildman–Crippen LogP) is -4.41. The number of hydrogen-bond donors (Lipinski definition) is 14. The van der Waals surface area contributed by atoms with Crippen LogP contribution in [0.4, 0.5) is 0 Å². The lowest BCUT2D eigenvalue weighted by molar-refractivity contribution is -0.143. The quantitative estimate of drug-likeness (QED) is 0.0178. The predicted molar refractivity (Wildman–Crippen MR) is 278 cm³/mol. The van der Waals surface area contributed by atoms with Crippen molar-refractivity contribution in [2.24, 2.45) is 56.2 Å². The third-order valence-corrected chi connectivity index (χ3v) is 13.2. The molecule has 3 aliphatic rings. The highest BCUT2D eigenvalue weighted by Crippen LogP contribution is 2.22. The number of rotatable bonds is 25. The van der Waals surface area contributed by atoms with Gasteiger partial charge in [-0.15, -0.1) is 0 Å². The van der Waals surface area contributed by atoms with Crippen LogP contribution in [0.25, 0.3) is 0 Å². The number of amides is 7. The second kappa shape index (κ2) is 32.8. The highest BCUT2D eigenvalue weighted by Gasteiger charge is 2.39. The molecule has 0 saturated carbocycles. The van der Waals surface area contributed by atoms with Gasteiger partial charge in [-0.25, -0.2) is 4.79 Å². The first-order chi connectivity index (χ1) is 35.7. The Balaban J connectivity index is 1.83. The zero-order chi connectivity index (χ0) is 55.6. The Labute approximate surface area is 438 Å². The molecule has 9 atom stereocenters. The molecule has 20 N–H and O–H groups in total. The summed E-state index contributed by atoms with van der Waals surface area (Å²) in [6.45, 7) is 4.12. The molecule has 0 aromatic carbocycles. The summed E-state index contributed by atoms with van der Waals surface area (Å²) in [4.78, 5) is 133. The first-order valence-electron chi connectivity index (χ1n) is 26.1. The molecular weight excluding hydrogens is 977 g/mol. The summed E-state index contributed by atoms with van der Waals surface area (Å²) in [6.07, 6.45) is 7.16. The normalized spacial score (nSPS) is 22.4. The number of aliphatic hydroxyl groups excluding tert-OH is 1. The second-order valence-corrected chi connectivity index (χ2v) is 19.8. The number of aliphatic imine (C=N–C) groups is 2. The molecule has 0 radical (unpaired) electrons. The van der Waals surface area contributed by atoms with E-state index in [2.05, 4.69) is 41.9 Å². The number of guanidine groups is 2. The Morgan fingerprint density at radius 3 is 2.09 bits per heavy atom. The number of fused-ring (bicyclic) bond motifs is 1. The van der Waals surface area contributed by atoms with E-state index in [-0.39, 0.29) is 107 Å². The molecule has 3 heterocycles. The van der Waals surface area contributed by atoms with Crippen molar-refractivity contribution in [3.05, 3.63) is 12.2 Å². The van der Waals surface area contributed by atoms with E-state index in [1.165, 1.54) is 22.0 Å². The van der Waals surface area contributed by atoms with Crippen molar-refractivity contribution >= 4 is 65.0 Å². The largest absolute Gasteiger partial charge is 0.480 e. The van der Waals surface area contributed by atoms with Crippen molar-refractivity contribution in [1.29, 1.82) is 0 Å². The Kier molecular flexibility index (Phi) is 27.5. The second-order valence-electron chi connectivity index (χ2n) is 19.8. The van der Waals surface area contributed by atoms with E-state index < -0.39 is 102 Å². The molecule has 0 aromatic rings. The average Bonchev–Trinajstić information content (AvgIpc) is 4.06. The molecule has 0 aromatic heterocycles. The molecule has 27 heteroatoms. The number of carboxylic acids is 1. The average molecular weight is 1060 g/mol. The maximum Gasteiger partial charge on any atom is 0.326 e. The van der Waals surface area contributed by atoms with Crippen LogP contribution in [0.3, 0.4) is 0 Å². The number of ketones is 1. The Morgan fingerprint density at radius 1 is 0.813 bits per heavy atom. The summed E-state index contributed by atoms with van der Waals surface area (Å²) in [5.74, 6) is -7.12. The third kappa shape index (κ3) is 21.7. The van der Waals surface area contributed by atoms with Gasteiger partial charge >= 0.3 is 5.97 Å². The van der Waals surface area contributed by atoms with Crippen molar-refractivity contribution in [2.45, 2.75) is 158 Å². The van der Waals surface area contributed by atoms with Gasteiger partial charge in [-0.05, 0) is 108 Å². The van der Waals surface area contributed by atoms with Crippen molar-refractivity contribution < 1.29 is 53.4 Å². The molecule has 0 aliphatic carbocycles. The molecule has 3 rings (SSSR count). The van der Waals surface area contributed by atoms with Gasteiger partial charge in [0.25, 0.3) is 0 Å². The van der Waals surface area contributed by atoms with Gasteiger partial charge in [-0.3, -0.25) is 48.3 Å². The minimum absolute atomic E-state index is 0.00755. The number of likely N-dealkylation sites (tertiary alicyclic amines) is 1. The van der Waals surface area contributed by atoms with Crippen molar-refractivity contribution in [1.82, 2.24) is 41.7 Å². The number of carbonyl (C=O) groups excluding carboxylic acids is 8. The van der Waals surface area contributed by atoms with E-state index in [1.54, 1.807) is 13.8 Å². The molecule has 7 amide bonds. The highest BCUT2D eigenvalue weighted by atomic mass is 16.4. The van der Waals surface area contributed by atoms with Crippen LogP contribution in [-0.2, 0) is 43.2 Å². The number of Topliss-reactive ketones (excluding diaryl/α,β-unsaturated/α-hetero) is 1. The maximum absolute atomic E-state index is 14.1. The Morgan fingerprint density at radius 2 is 1.45 bits per heavy atom. The van der Waals surface area contributed by atoms with E-state index in [4.69, 9.17) is 34.4 Å². The van der Waals surface area contributed by atoms with Crippen LogP contribution >= 0.6 is 0 Å². The van der Waals surface area contributed by atoms with E-state index in [0.29, 0.717) is 64.5 Å². The Hall–Kier alpha value is -6.45. The van der Waals surface area contributed by atoms with Gasteiger partial charge in [0.1, 0.15) is 36.3 Å². The van der Waals surface area contributed by atoms with Crippen LogP contribution in [-0.4, -0.2) is 186 Å². The van der Waals surface area contributed by atoms with Crippen LogP contribution in [0.15, 0.2) is 22.1 Å². The van der Waals surface area contributed by atoms with Crippen molar-refractivity contribution in [3.8, 4) is 0 Å². The van der Waals surface area contributed by atoms with Crippen LogP contribution in [0.2, 0.25) is 0 Å². The number of carbonyl (C=O) groups is 9. The zero-order valence-electron chi connectivity index (χ0n) is 43.5. The minimum atomic E-state index is -1.63. The van der Waals surface area contributed by atoms with Crippen LogP contribution in [0.1, 0.15) is 110 Å². The fraction of sp³-hybridized carbons (Fsp3) is 0.729. The van der Waals surface area contributed by atoms with E-state index in [1.807, 2.05) is 0 Å². The molecule has 2 fully saturated rings. The summed E-state index contributed by atoms with van der Waals surface area (Å²) >= 11 is 0. The molecule has 3 aliphatic heterocycles. The molecule has 0 bridgehead atoms. The lowest BCUT2D eigenvalue weighted by atomic mass is 9.92. The fourth-order valence-electron chi connectivity index (χ4n) is 9.24. The van der Waals surface area contributed by atoms with Gasteiger partial charge in [-0.1, -0.05) is 32.4 Å². The zero-order valence-corrected chi connectivity index (χ0v) is 43.5. The van der Waals surface area contributed by atoms with Crippen LogP contribution in [0, 0.1) is 11.8 Å². The van der Waals surface area contributed by atoms with Gasteiger partial charge < -0.3 is 86.3 Å². The molecule has 27 nitrogen and oxygen atoms in total.